The number of nitrogens with one attached hydrogen (secondary N) is 1. The summed E-state index contributed by atoms with van der Waals surface area (Å²) < 4.78 is 0. The summed E-state index contributed by atoms with van der Waals surface area (Å²) in [6.45, 7) is 2.79. The summed E-state index contributed by atoms with van der Waals surface area (Å²) in [4.78, 5) is 13.4. The molecule has 0 spiro atoms. The van der Waals surface area contributed by atoms with Crippen molar-refractivity contribution in [2.45, 2.75) is 19.4 Å². The molecule has 2 amide bonds. The lowest BCUT2D eigenvalue weighted by atomic mass is 10.1. The van der Waals surface area contributed by atoms with Gasteiger partial charge in [-0.05, 0) is 31.5 Å². The molecule has 2 rings (SSSR count). The minimum Gasteiger partial charge on any atom is -0.399 e. The third kappa shape index (κ3) is 1.88. The van der Waals surface area contributed by atoms with Crippen LogP contribution in [0.5, 0.6) is 0 Å². The Kier molecular flexibility index (Phi) is 2.49. The van der Waals surface area contributed by atoms with Gasteiger partial charge in [-0.3, -0.25) is 4.90 Å². The molecule has 1 aromatic carbocycles. The van der Waals surface area contributed by atoms with Gasteiger partial charge in [0.2, 0.25) is 0 Å². The first-order chi connectivity index (χ1) is 7.18. The molecule has 1 heterocycles. The molecule has 1 aliphatic rings. The van der Waals surface area contributed by atoms with Crippen LogP contribution in [0.15, 0.2) is 24.3 Å². The second-order valence-electron chi connectivity index (χ2n) is 3.83. The summed E-state index contributed by atoms with van der Waals surface area (Å²) in [6, 6.07) is 7.58. The van der Waals surface area contributed by atoms with E-state index >= 15 is 0 Å². The van der Waals surface area contributed by atoms with Gasteiger partial charge in [-0.15, -0.1) is 0 Å². The molecule has 0 radical (unpaired) electrons. The molecule has 0 bridgehead atoms. The molecule has 1 fully saturated rings. The highest BCUT2D eigenvalue weighted by atomic mass is 16.2. The maximum absolute atomic E-state index is 11.7. The zero-order chi connectivity index (χ0) is 10.8. The highest BCUT2D eigenvalue weighted by molar-refractivity contribution is 5.93. The number of rotatable bonds is 1. The molecule has 4 nitrogen and oxygen atoms in total. The second-order valence-corrected chi connectivity index (χ2v) is 3.83. The Morgan fingerprint density at radius 1 is 1.53 bits per heavy atom. The van der Waals surface area contributed by atoms with Crippen molar-refractivity contribution >= 4 is 17.4 Å². The van der Waals surface area contributed by atoms with E-state index in [0.717, 1.165) is 18.7 Å². The van der Waals surface area contributed by atoms with Crippen LogP contribution in [0.4, 0.5) is 16.2 Å². The monoisotopic (exact) mass is 205 g/mol. The summed E-state index contributed by atoms with van der Waals surface area (Å²) in [6.07, 6.45) is 0.959. The average Bonchev–Trinajstić information content (AvgIpc) is 2.17. The molecule has 1 aromatic rings. The van der Waals surface area contributed by atoms with Gasteiger partial charge in [-0.25, -0.2) is 4.79 Å². The van der Waals surface area contributed by atoms with E-state index in [1.165, 1.54) is 0 Å². The third-order valence-corrected chi connectivity index (χ3v) is 2.65. The lowest BCUT2D eigenvalue weighted by Gasteiger charge is -2.33. The van der Waals surface area contributed by atoms with E-state index in [-0.39, 0.29) is 12.1 Å². The number of hydrogen-bond donors (Lipinski definition) is 2. The molecular weight excluding hydrogens is 190 g/mol. The van der Waals surface area contributed by atoms with Crippen LogP contribution in [0.25, 0.3) is 0 Å². The number of carbonyl (C=O) groups excluding carboxylic acids is 1. The van der Waals surface area contributed by atoms with E-state index in [9.17, 15) is 4.79 Å². The number of hydrogen-bond acceptors (Lipinski definition) is 2. The Morgan fingerprint density at radius 2 is 2.33 bits per heavy atom. The average molecular weight is 205 g/mol. The van der Waals surface area contributed by atoms with Crippen LogP contribution in [0.2, 0.25) is 0 Å². The molecule has 4 heteroatoms. The van der Waals surface area contributed by atoms with Crippen molar-refractivity contribution in [3.05, 3.63) is 24.3 Å². The molecular formula is C11H15N3O. The van der Waals surface area contributed by atoms with Gasteiger partial charge in [0.05, 0.1) is 0 Å². The van der Waals surface area contributed by atoms with Crippen molar-refractivity contribution in [3.8, 4) is 0 Å². The van der Waals surface area contributed by atoms with E-state index in [4.69, 9.17) is 5.73 Å². The number of amides is 2. The first-order valence-electron chi connectivity index (χ1n) is 5.11. The summed E-state index contributed by atoms with van der Waals surface area (Å²) in [5.41, 5.74) is 7.24. The molecule has 0 aromatic heterocycles. The predicted octanol–water partition coefficient (Wildman–Crippen LogP) is 1.58. The van der Waals surface area contributed by atoms with Gasteiger partial charge in [0.25, 0.3) is 0 Å². The van der Waals surface area contributed by atoms with Crippen molar-refractivity contribution in [2.75, 3.05) is 17.2 Å². The zero-order valence-corrected chi connectivity index (χ0v) is 8.73. The Morgan fingerprint density at radius 3 is 3.00 bits per heavy atom. The van der Waals surface area contributed by atoms with E-state index in [1.807, 2.05) is 31.2 Å². The highest BCUT2D eigenvalue weighted by Crippen LogP contribution is 2.22. The Labute approximate surface area is 89.1 Å². The normalized spacial score (nSPS) is 21.3. The lowest BCUT2D eigenvalue weighted by Crippen LogP contribution is -2.51. The summed E-state index contributed by atoms with van der Waals surface area (Å²) in [5, 5.41) is 2.83. The van der Waals surface area contributed by atoms with Gasteiger partial charge in [-0.2, -0.15) is 0 Å². The number of nitrogen functional groups attached to an aromatic ring is 1. The van der Waals surface area contributed by atoms with Gasteiger partial charge >= 0.3 is 6.03 Å². The van der Waals surface area contributed by atoms with Crippen molar-refractivity contribution in [1.29, 1.82) is 0 Å². The minimum atomic E-state index is -0.0423. The Hall–Kier alpha value is -1.71. The van der Waals surface area contributed by atoms with Crippen LogP contribution in [0, 0.1) is 0 Å². The van der Waals surface area contributed by atoms with Crippen LogP contribution < -0.4 is 16.0 Å². The van der Waals surface area contributed by atoms with Crippen molar-refractivity contribution in [2.24, 2.45) is 0 Å². The number of urea groups is 1. The van der Waals surface area contributed by atoms with E-state index in [0.29, 0.717) is 5.69 Å². The van der Waals surface area contributed by atoms with Crippen LogP contribution in [0.1, 0.15) is 13.3 Å². The first-order valence-corrected chi connectivity index (χ1v) is 5.11. The maximum Gasteiger partial charge on any atom is 0.322 e. The van der Waals surface area contributed by atoms with Crippen molar-refractivity contribution in [1.82, 2.24) is 5.32 Å². The molecule has 15 heavy (non-hydrogen) atoms. The van der Waals surface area contributed by atoms with Gasteiger partial charge in [0.1, 0.15) is 0 Å². The predicted molar refractivity (Wildman–Crippen MR) is 60.8 cm³/mol. The zero-order valence-electron chi connectivity index (χ0n) is 8.73. The molecule has 3 N–H and O–H groups in total. The second kappa shape index (κ2) is 3.81. The lowest BCUT2D eigenvalue weighted by molar-refractivity contribution is 0.239. The van der Waals surface area contributed by atoms with Crippen LogP contribution in [-0.4, -0.2) is 18.6 Å². The number of anilines is 2. The molecule has 1 aliphatic heterocycles. The fraction of sp³-hybridized carbons (Fsp3) is 0.364. The van der Waals surface area contributed by atoms with Gasteiger partial charge in [0, 0.05) is 24.0 Å². The molecule has 1 unspecified atom stereocenters. The van der Waals surface area contributed by atoms with Crippen LogP contribution >= 0.6 is 0 Å². The number of nitrogens with two attached hydrogens (primary N) is 1. The fourth-order valence-electron chi connectivity index (χ4n) is 1.85. The summed E-state index contributed by atoms with van der Waals surface area (Å²) >= 11 is 0. The fourth-order valence-corrected chi connectivity index (χ4v) is 1.85. The van der Waals surface area contributed by atoms with Crippen molar-refractivity contribution in [3.63, 3.8) is 0 Å². The smallest absolute Gasteiger partial charge is 0.322 e. The Balaban J connectivity index is 2.31. The highest BCUT2D eigenvalue weighted by Gasteiger charge is 2.25. The van der Waals surface area contributed by atoms with Gasteiger partial charge in [-0.1, -0.05) is 6.07 Å². The van der Waals surface area contributed by atoms with Crippen LogP contribution in [-0.2, 0) is 0 Å². The number of nitrogens with zero attached hydrogens (tertiary/aromatic N) is 1. The quantitative estimate of drug-likeness (QED) is 0.684. The SMILES string of the molecule is CC1CCNC(=O)N1c1cccc(N)c1. The van der Waals surface area contributed by atoms with E-state index in [2.05, 4.69) is 5.32 Å². The van der Waals surface area contributed by atoms with Crippen molar-refractivity contribution < 1.29 is 4.79 Å². The number of benzene rings is 1. The van der Waals surface area contributed by atoms with Gasteiger partial charge in [0.15, 0.2) is 0 Å². The summed E-state index contributed by atoms with van der Waals surface area (Å²) in [5.74, 6) is 0. The van der Waals surface area contributed by atoms with E-state index in [1.54, 1.807) is 4.90 Å². The topological polar surface area (TPSA) is 58.4 Å². The maximum atomic E-state index is 11.7. The third-order valence-electron chi connectivity index (χ3n) is 2.65. The largest absolute Gasteiger partial charge is 0.399 e. The minimum absolute atomic E-state index is 0.0423. The first kappa shape index (κ1) is 9.83. The van der Waals surface area contributed by atoms with Gasteiger partial charge < -0.3 is 11.1 Å². The Bertz CT molecular complexity index is 378. The van der Waals surface area contributed by atoms with Crippen LogP contribution in [0.3, 0.4) is 0 Å². The van der Waals surface area contributed by atoms with E-state index < -0.39 is 0 Å². The molecule has 1 saturated heterocycles. The molecule has 80 valence electrons. The molecule has 1 atom stereocenters. The molecule has 0 aliphatic carbocycles. The standard InChI is InChI=1S/C11H15N3O/c1-8-5-6-13-11(15)14(8)10-4-2-3-9(12)7-10/h2-4,7-8H,5-6,12H2,1H3,(H,13,15). The molecule has 0 saturated carbocycles. The summed E-state index contributed by atoms with van der Waals surface area (Å²) in [7, 11) is 0. The number of carbonyl (C=O) groups is 1.